The molecule has 1 aromatic carbocycles. The highest BCUT2D eigenvalue weighted by Gasteiger charge is 2.11. The van der Waals surface area contributed by atoms with Gasteiger partial charge in [0.2, 0.25) is 0 Å². The third-order valence-corrected chi connectivity index (χ3v) is 3.46. The Hall–Kier alpha value is -2.40. The summed E-state index contributed by atoms with van der Waals surface area (Å²) in [6, 6.07) is 11.0. The van der Waals surface area contributed by atoms with Crippen molar-refractivity contribution < 1.29 is 9.53 Å². The fourth-order valence-electron chi connectivity index (χ4n) is 2.22. The van der Waals surface area contributed by atoms with Gasteiger partial charge in [0.1, 0.15) is 5.56 Å². The van der Waals surface area contributed by atoms with Gasteiger partial charge < -0.3 is 15.0 Å². The van der Waals surface area contributed by atoms with Crippen molar-refractivity contribution in [2.75, 3.05) is 6.61 Å². The van der Waals surface area contributed by atoms with Crippen LogP contribution >= 0.6 is 0 Å². The van der Waals surface area contributed by atoms with Gasteiger partial charge in [-0.15, -0.1) is 0 Å². The van der Waals surface area contributed by atoms with Crippen molar-refractivity contribution in [2.24, 2.45) is 0 Å². The number of H-pyrrole nitrogens is 1. The predicted octanol–water partition coefficient (Wildman–Crippen LogP) is 2.54. The second kappa shape index (κ2) is 8.29. The van der Waals surface area contributed by atoms with Crippen LogP contribution in [0.4, 0.5) is 0 Å². The van der Waals surface area contributed by atoms with E-state index in [0.29, 0.717) is 19.8 Å². The Morgan fingerprint density at radius 1 is 1.17 bits per heavy atom. The van der Waals surface area contributed by atoms with Crippen LogP contribution in [0.15, 0.2) is 41.2 Å². The van der Waals surface area contributed by atoms with Gasteiger partial charge in [-0.25, -0.2) is 0 Å². The summed E-state index contributed by atoms with van der Waals surface area (Å²) in [6.45, 7) is 5.42. The number of pyridine rings is 1. The highest BCUT2D eigenvalue weighted by molar-refractivity contribution is 5.93. The Kier molecular flexibility index (Phi) is 6.11. The molecule has 0 saturated heterocycles. The van der Waals surface area contributed by atoms with Gasteiger partial charge in [-0.1, -0.05) is 31.2 Å². The molecule has 0 aliphatic carbocycles. The SMILES string of the molecule is CCCOCc1ccccc1CNC(=O)c1ccc(C)[nH]c1=O. The van der Waals surface area contributed by atoms with E-state index in [1.54, 1.807) is 19.1 Å². The van der Waals surface area contributed by atoms with Gasteiger partial charge in [0.25, 0.3) is 11.5 Å². The third kappa shape index (κ3) is 4.79. The lowest BCUT2D eigenvalue weighted by molar-refractivity contribution is 0.0948. The number of aromatic amines is 1. The molecule has 1 heterocycles. The Bertz CT molecular complexity index is 722. The van der Waals surface area contributed by atoms with Crippen molar-refractivity contribution in [2.45, 2.75) is 33.4 Å². The largest absolute Gasteiger partial charge is 0.377 e. The Balaban J connectivity index is 2.03. The van der Waals surface area contributed by atoms with E-state index in [-0.39, 0.29) is 17.0 Å². The van der Waals surface area contributed by atoms with Gasteiger partial charge in [-0.3, -0.25) is 9.59 Å². The minimum Gasteiger partial charge on any atom is -0.377 e. The first-order chi connectivity index (χ1) is 11.1. The number of hydrogen-bond acceptors (Lipinski definition) is 3. The fraction of sp³-hybridized carbons (Fsp3) is 0.333. The topological polar surface area (TPSA) is 71.2 Å². The van der Waals surface area contributed by atoms with Crippen LogP contribution in [0.5, 0.6) is 0 Å². The predicted molar refractivity (Wildman–Crippen MR) is 89.4 cm³/mol. The number of aryl methyl sites for hydroxylation is 1. The average molecular weight is 314 g/mol. The second-order valence-corrected chi connectivity index (χ2v) is 5.39. The lowest BCUT2D eigenvalue weighted by atomic mass is 10.1. The molecule has 0 aliphatic heterocycles. The zero-order valence-corrected chi connectivity index (χ0v) is 13.5. The lowest BCUT2D eigenvalue weighted by Gasteiger charge is -2.11. The monoisotopic (exact) mass is 314 g/mol. The van der Waals surface area contributed by atoms with Gasteiger partial charge in [-0.05, 0) is 36.6 Å². The average Bonchev–Trinajstić information content (AvgIpc) is 2.54. The zero-order chi connectivity index (χ0) is 16.7. The molecule has 0 bridgehead atoms. The van der Waals surface area contributed by atoms with E-state index < -0.39 is 0 Å². The smallest absolute Gasteiger partial charge is 0.260 e. The van der Waals surface area contributed by atoms with Crippen LogP contribution < -0.4 is 10.9 Å². The van der Waals surface area contributed by atoms with Crippen molar-refractivity contribution >= 4 is 5.91 Å². The van der Waals surface area contributed by atoms with Crippen LogP contribution in [0.1, 0.15) is 40.5 Å². The number of amides is 1. The lowest BCUT2D eigenvalue weighted by Crippen LogP contribution is -2.29. The Morgan fingerprint density at radius 3 is 2.61 bits per heavy atom. The first kappa shape index (κ1) is 17.0. The fourth-order valence-corrected chi connectivity index (χ4v) is 2.22. The molecule has 2 rings (SSSR count). The van der Waals surface area contributed by atoms with Crippen molar-refractivity contribution in [1.82, 2.24) is 10.3 Å². The molecule has 0 aliphatic rings. The Labute approximate surface area is 135 Å². The van der Waals surface area contributed by atoms with Crippen molar-refractivity contribution in [3.05, 3.63) is 69.1 Å². The van der Waals surface area contributed by atoms with E-state index >= 15 is 0 Å². The second-order valence-electron chi connectivity index (χ2n) is 5.39. The zero-order valence-electron chi connectivity index (χ0n) is 13.5. The van der Waals surface area contributed by atoms with E-state index in [4.69, 9.17) is 4.74 Å². The van der Waals surface area contributed by atoms with Crippen LogP contribution in [0, 0.1) is 6.92 Å². The first-order valence-electron chi connectivity index (χ1n) is 7.74. The summed E-state index contributed by atoms with van der Waals surface area (Å²) in [6.07, 6.45) is 0.967. The molecule has 122 valence electrons. The summed E-state index contributed by atoms with van der Waals surface area (Å²) in [5, 5.41) is 2.79. The molecular weight excluding hydrogens is 292 g/mol. The molecular formula is C18H22N2O3. The molecule has 0 atom stereocenters. The number of carbonyl (C=O) groups is 1. The molecule has 0 spiro atoms. The minimum absolute atomic E-state index is 0.121. The maximum absolute atomic E-state index is 12.2. The van der Waals surface area contributed by atoms with Crippen molar-refractivity contribution in [3.8, 4) is 0 Å². The summed E-state index contributed by atoms with van der Waals surface area (Å²) in [5.74, 6) is -0.379. The van der Waals surface area contributed by atoms with Gasteiger partial charge in [-0.2, -0.15) is 0 Å². The van der Waals surface area contributed by atoms with E-state index in [0.717, 1.165) is 23.2 Å². The molecule has 0 fully saturated rings. The highest BCUT2D eigenvalue weighted by Crippen LogP contribution is 2.10. The van der Waals surface area contributed by atoms with Crippen molar-refractivity contribution in [1.29, 1.82) is 0 Å². The summed E-state index contributed by atoms with van der Waals surface area (Å²) in [5.41, 5.74) is 2.50. The first-order valence-corrected chi connectivity index (χ1v) is 7.74. The molecule has 0 saturated carbocycles. The number of hydrogen-bond donors (Lipinski definition) is 2. The van der Waals surface area contributed by atoms with Crippen LogP contribution in [0.25, 0.3) is 0 Å². The Morgan fingerprint density at radius 2 is 1.91 bits per heavy atom. The molecule has 23 heavy (non-hydrogen) atoms. The number of nitrogens with one attached hydrogen (secondary N) is 2. The minimum atomic E-state index is -0.379. The normalized spacial score (nSPS) is 10.5. The van der Waals surface area contributed by atoms with Gasteiger partial charge >= 0.3 is 0 Å². The van der Waals surface area contributed by atoms with Crippen LogP contribution in [-0.2, 0) is 17.9 Å². The number of aromatic nitrogens is 1. The van der Waals surface area contributed by atoms with Gasteiger partial charge in [0.15, 0.2) is 0 Å². The molecule has 2 N–H and O–H groups in total. The van der Waals surface area contributed by atoms with E-state index in [9.17, 15) is 9.59 Å². The number of rotatable bonds is 7. The van der Waals surface area contributed by atoms with Crippen LogP contribution in [0.2, 0.25) is 0 Å². The number of benzene rings is 1. The van der Waals surface area contributed by atoms with E-state index in [1.165, 1.54) is 0 Å². The van der Waals surface area contributed by atoms with Crippen molar-refractivity contribution in [3.63, 3.8) is 0 Å². The van der Waals surface area contributed by atoms with E-state index in [1.807, 2.05) is 24.3 Å². The van der Waals surface area contributed by atoms with Gasteiger partial charge in [0, 0.05) is 18.8 Å². The highest BCUT2D eigenvalue weighted by atomic mass is 16.5. The summed E-state index contributed by atoms with van der Waals surface area (Å²) in [7, 11) is 0. The molecule has 2 aromatic rings. The molecule has 1 amide bonds. The standard InChI is InChI=1S/C18H22N2O3/c1-3-10-23-12-15-7-5-4-6-14(15)11-19-17(21)16-9-8-13(2)20-18(16)22/h4-9H,3,10-12H2,1-2H3,(H,19,21)(H,20,22). The van der Waals surface area contributed by atoms with Gasteiger partial charge in [0.05, 0.1) is 6.61 Å². The molecule has 0 radical (unpaired) electrons. The number of carbonyl (C=O) groups excluding carboxylic acids is 1. The molecule has 5 heteroatoms. The maximum atomic E-state index is 12.2. The molecule has 5 nitrogen and oxygen atoms in total. The summed E-state index contributed by atoms with van der Waals surface area (Å²) < 4.78 is 5.57. The molecule has 0 unspecified atom stereocenters. The van der Waals surface area contributed by atoms with Crippen LogP contribution in [-0.4, -0.2) is 17.5 Å². The number of ether oxygens (including phenoxy) is 1. The summed E-state index contributed by atoms with van der Waals surface area (Å²) in [4.78, 5) is 26.6. The summed E-state index contributed by atoms with van der Waals surface area (Å²) >= 11 is 0. The molecule has 1 aromatic heterocycles. The quantitative estimate of drug-likeness (QED) is 0.772. The van der Waals surface area contributed by atoms with E-state index in [2.05, 4.69) is 17.2 Å². The maximum Gasteiger partial charge on any atom is 0.260 e. The third-order valence-electron chi connectivity index (χ3n) is 3.46. The van der Waals surface area contributed by atoms with Crippen LogP contribution in [0.3, 0.4) is 0 Å².